The predicted octanol–water partition coefficient (Wildman–Crippen LogP) is 3.56. The molecule has 1 aromatic carbocycles. The van der Waals surface area contributed by atoms with E-state index in [0.29, 0.717) is 28.1 Å². The molecule has 26 heavy (non-hydrogen) atoms. The molecule has 0 bridgehead atoms. The third kappa shape index (κ3) is 5.08. The first-order valence-electron chi connectivity index (χ1n) is 8.05. The summed E-state index contributed by atoms with van der Waals surface area (Å²) in [6.45, 7) is 2.23. The van der Waals surface area contributed by atoms with E-state index >= 15 is 0 Å². The van der Waals surface area contributed by atoms with Crippen LogP contribution in [0.4, 0.5) is 0 Å². The first-order chi connectivity index (χ1) is 12.1. The molecule has 5 nitrogen and oxygen atoms in total. The van der Waals surface area contributed by atoms with Crippen molar-refractivity contribution in [2.75, 3.05) is 25.4 Å². The summed E-state index contributed by atoms with van der Waals surface area (Å²) in [4.78, 5) is 19.1. The number of nitrogens with one attached hydrogen (secondary N) is 1. The standard InChI is InChI=1S/C17H20Cl2N4OS.ClH/c1-22-6-5-21-17(22)15-9-20-4-7-23(15)16(24)11-25-10-12-2-3-13(18)8-14(12)19;/h2-3,5-6,8,15,20H,4,7,9-11H2,1H3;1H. The minimum atomic E-state index is -0.0269. The largest absolute Gasteiger partial charge is 0.336 e. The molecule has 0 spiro atoms. The third-order valence-electron chi connectivity index (χ3n) is 4.22. The van der Waals surface area contributed by atoms with E-state index in [9.17, 15) is 4.79 Å². The molecule has 1 aliphatic rings. The van der Waals surface area contributed by atoms with Crippen LogP contribution < -0.4 is 5.32 Å². The van der Waals surface area contributed by atoms with Gasteiger partial charge in [-0.3, -0.25) is 4.79 Å². The van der Waals surface area contributed by atoms with Crippen molar-refractivity contribution in [3.8, 4) is 0 Å². The molecule has 1 N–H and O–H groups in total. The summed E-state index contributed by atoms with van der Waals surface area (Å²) < 4.78 is 1.97. The Morgan fingerprint density at radius 2 is 2.23 bits per heavy atom. The Morgan fingerprint density at radius 1 is 1.42 bits per heavy atom. The second kappa shape index (κ2) is 9.85. The van der Waals surface area contributed by atoms with Gasteiger partial charge in [0, 0.05) is 54.9 Å². The summed E-state index contributed by atoms with van der Waals surface area (Å²) >= 11 is 13.7. The molecule has 2 heterocycles. The maximum Gasteiger partial charge on any atom is 0.233 e. The molecule has 2 aromatic rings. The maximum atomic E-state index is 12.7. The van der Waals surface area contributed by atoms with Crippen LogP contribution in [0.1, 0.15) is 17.4 Å². The van der Waals surface area contributed by atoms with E-state index in [-0.39, 0.29) is 24.4 Å². The molecule has 3 rings (SSSR count). The number of imidazole rings is 1. The number of nitrogens with zero attached hydrogens (tertiary/aromatic N) is 3. The molecule has 1 amide bonds. The second-order valence-electron chi connectivity index (χ2n) is 5.93. The number of halogens is 3. The Morgan fingerprint density at radius 3 is 2.92 bits per heavy atom. The summed E-state index contributed by atoms with van der Waals surface area (Å²) in [6.07, 6.45) is 3.67. The number of hydrogen-bond donors (Lipinski definition) is 1. The molecule has 0 aliphatic carbocycles. The lowest BCUT2D eigenvalue weighted by molar-refractivity contribution is -0.131. The van der Waals surface area contributed by atoms with Crippen LogP contribution in [-0.2, 0) is 17.6 Å². The van der Waals surface area contributed by atoms with E-state index in [4.69, 9.17) is 23.2 Å². The Balaban J connectivity index is 0.00000243. The smallest absolute Gasteiger partial charge is 0.233 e. The van der Waals surface area contributed by atoms with Crippen molar-refractivity contribution in [1.29, 1.82) is 0 Å². The fourth-order valence-electron chi connectivity index (χ4n) is 2.90. The van der Waals surface area contributed by atoms with Crippen LogP contribution in [-0.4, -0.2) is 45.7 Å². The highest BCUT2D eigenvalue weighted by Gasteiger charge is 2.30. The highest BCUT2D eigenvalue weighted by atomic mass is 35.5. The van der Waals surface area contributed by atoms with Gasteiger partial charge in [-0.1, -0.05) is 29.3 Å². The minimum absolute atomic E-state index is 0. The number of aryl methyl sites for hydroxylation is 1. The molecule has 9 heteroatoms. The van der Waals surface area contributed by atoms with Crippen LogP contribution in [0, 0.1) is 0 Å². The fourth-order valence-corrected chi connectivity index (χ4v) is 4.37. The van der Waals surface area contributed by atoms with E-state index in [1.54, 1.807) is 24.0 Å². The number of thioether (sulfide) groups is 1. The zero-order chi connectivity index (χ0) is 17.8. The first-order valence-corrected chi connectivity index (χ1v) is 9.96. The Labute approximate surface area is 173 Å². The van der Waals surface area contributed by atoms with Gasteiger partial charge in [0.05, 0.1) is 5.75 Å². The number of carbonyl (C=O) groups is 1. The van der Waals surface area contributed by atoms with Crippen LogP contribution in [0.25, 0.3) is 0 Å². The predicted molar refractivity (Wildman–Crippen MR) is 110 cm³/mol. The van der Waals surface area contributed by atoms with Crippen LogP contribution in [0.15, 0.2) is 30.6 Å². The van der Waals surface area contributed by atoms with Crippen molar-refractivity contribution in [2.45, 2.75) is 11.8 Å². The number of piperazine rings is 1. The summed E-state index contributed by atoms with van der Waals surface area (Å²) in [7, 11) is 1.96. The van der Waals surface area contributed by atoms with Crippen molar-refractivity contribution < 1.29 is 4.79 Å². The number of aromatic nitrogens is 2. The van der Waals surface area contributed by atoms with Gasteiger partial charge < -0.3 is 14.8 Å². The van der Waals surface area contributed by atoms with Gasteiger partial charge in [0.2, 0.25) is 5.91 Å². The van der Waals surface area contributed by atoms with E-state index in [1.165, 1.54) is 0 Å². The molecule has 1 aromatic heterocycles. The quantitative estimate of drug-likeness (QED) is 0.780. The lowest BCUT2D eigenvalue weighted by Gasteiger charge is -2.35. The molecule has 0 saturated carbocycles. The average molecular weight is 436 g/mol. The van der Waals surface area contributed by atoms with Gasteiger partial charge in [-0.15, -0.1) is 24.2 Å². The molecule has 1 aliphatic heterocycles. The summed E-state index contributed by atoms with van der Waals surface area (Å²) in [5.41, 5.74) is 0.991. The van der Waals surface area contributed by atoms with Gasteiger partial charge in [-0.2, -0.15) is 0 Å². The molecular weight excluding hydrogens is 415 g/mol. The molecule has 1 atom stereocenters. The van der Waals surface area contributed by atoms with Crippen molar-refractivity contribution >= 4 is 53.3 Å². The summed E-state index contributed by atoms with van der Waals surface area (Å²) in [5.74, 6) is 2.14. The topological polar surface area (TPSA) is 50.2 Å². The van der Waals surface area contributed by atoms with Gasteiger partial charge in [0.1, 0.15) is 11.9 Å². The van der Waals surface area contributed by atoms with Crippen LogP contribution in [0.2, 0.25) is 10.0 Å². The number of rotatable bonds is 5. The van der Waals surface area contributed by atoms with Gasteiger partial charge in [-0.05, 0) is 17.7 Å². The highest BCUT2D eigenvalue weighted by molar-refractivity contribution is 7.99. The van der Waals surface area contributed by atoms with Gasteiger partial charge in [-0.25, -0.2) is 4.98 Å². The maximum absolute atomic E-state index is 12.7. The molecule has 1 saturated heterocycles. The highest BCUT2D eigenvalue weighted by Crippen LogP contribution is 2.26. The van der Waals surface area contributed by atoms with Crippen molar-refractivity contribution in [3.05, 3.63) is 52.0 Å². The van der Waals surface area contributed by atoms with E-state index < -0.39 is 0 Å². The monoisotopic (exact) mass is 434 g/mol. The van der Waals surface area contributed by atoms with Crippen molar-refractivity contribution in [1.82, 2.24) is 19.8 Å². The van der Waals surface area contributed by atoms with E-state index in [0.717, 1.165) is 24.5 Å². The lowest BCUT2D eigenvalue weighted by atomic mass is 10.1. The number of carbonyl (C=O) groups excluding carboxylic acids is 1. The van der Waals surface area contributed by atoms with Gasteiger partial charge in [0.15, 0.2) is 0 Å². The Kier molecular flexibility index (Phi) is 8.10. The number of hydrogen-bond acceptors (Lipinski definition) is 4. The van der Waals surface area contributed by atoms with Crippen molar-refractivity contribution in [3.63, 3.8) is 0 Å². The minimum Gasteiger partial charge on any atom is -0.336 e. The van der Waals surface area contributed by atoms with Crippen LogP contribution in [0.5, 0.6) is 0 Å². The van der Waals surface area contributed by atoms with Gasteiger partial charge >= 0.3 is 0 Å². The number of amides is 1. The molecular formula is C17H21Cl3N4OS. The van der Waals surface area contributed by atoms with E-state index in [2.05, 4.69) is 10.3 Å². The normalized spacial score (nSPS) is 17.0. The van der Waals surface area contributed by atoms with Crippen LogP contribution in [0.3, 0.4) is 0 Å². The lowest BCUT2D eigenvalue weighted by Crippen LogP contribution is -2.50. The van der Waals surface area contributed by atoms with Crippen LogP contribution >= 0.6 is 47.4 Å². The van der Waals surface area contributed by atoms with E-state index in [1.807, 2.05) is 34.8 Å². The molecule has 1 fully saturated rings. The Hall–Kier alpha value is -0.920. The molecule has 1 unspecified atom stereocenters. The zero-order valence-electron chi connectivity index (χ0n) is 14.3. The second-order valence-corrected chi connectivity index (χ2v) is 7.76. The number of benzene rings is 1. The molecule has 0 radical (unpaired) electrons. The zero-order valence-corrected chi connectivity index (χ0v) is 17.5. The Bertz CT molecular complexity index is 755. The SMILES string of the molecule is Cl.Cn1ccnc1C1CNCCN1C(=O)CSCc1ccc(Cl)cc1Cl. The van der Waals surface area contributed by atoms with Crippen molar-refractivity contribution in [2.24, 2.45) is 7.05 Å². The molecule has 142 valence electrons. The fraction of sp³-hybridized carbons (Fsp3) is 0.412. The van der Waals surface area contributed by atoms with Gasteiger partial charge in [0.25, 0.3) is 0 Å². The first kappa shape index (κ1) is 21.4. The summed E-state index contributed by atoms with van der Waals surface area (Å²) in [5, 5.41) is 4.60. The third-order valence-corrected chi connectivity index (χ3v) is 5.77. The summed E-state index contributed by atoms with van der Waals surface area (Å²) in [6, 6.07) is 5.43. The average Bonchev–Trinajstić information content (AvgIpc) is 3.02.